The Kier molecular flexibility index (Phi) is 6.58. The SMILES string of the molecule is CC(C)C(=O)N(CCN1CCCCC1)CC(=O)Nc1ccon1. The molecule has 1 aliphatic rings. The van der Waals surface area contributed by atoms with Gasteiger partial charge in [-0.25, -0.2) is 0 Å². The molecule has 1 saturated heterocycles. The van der Waals surface area contributed by atoms with Gasteiger partial charge in [0.2, 0.25) is 11.8 Å². The van der Waals surface area contributed by atoms with Crippen molar-refractivity contribution in [1.82, 2.24) is 15.0 Å². The Bertz CT molecular complexity index is 495. The number of anilines is 1. The molecule has 0 atom stereocenters. The van der Waals surface area contributed by atoms with Gasteiger partial charge >= 0.3 is 0 Å². The number of rotatable bonds is 7. The fourth-order valence-electron chi connectivity index (χ4n) is 2.71. The van der Waals surface area contributed by atoms with Crippen LogP contribution in [-0.2, 0) is 9.59 Å². The van der Waals surface area contributed by atoms with Gasteiger partial charge in [-0.1, -0.05) is 25.4 Å². The second-order valence-corrected chi connectivity index (χ2v) is 6.25. The molecule has 0 spiro atoms. The first-order chi connectivity index (χ1) is 11.1. The maximum Gasteiger partial charge on any atom is 0.245 e. The predicted octanol–water partition coefficient (Wildman–Crippen LogP) is 1.58. The number of likely N-dealkylation sites (tertiary alicyclic amines) is 1. The van der Waals surface area contributed by atoms with Crippen LogP contribution in [0.3, 0.4) is 0 Å². The summed E-state index contributed by atoms with van der Waals surface area (Å²) in [6, 6.07) is 1.57. The highest BCUT2D eigenvalue weighted by Gasteiger charge is 2.21. The normalized spacial score (nSPS) is 15.6. The summed E-state index contributed by atoms with van der Waals surface area (Å²) in [7, 11) is 0. The number of nitrogens with one attached hydrogen (secondary N) is 1. The zero-order valence-electron chi connectivity index (χ0n) is 14.0. The van der Waals surface area contributed by atoms with E-state index in [1.54, 1.807) is 11.0 Å². The molecule has 2 amide bonds. The van der Waals surface area contributed by atoms with Crippen LogP contribution in [0.4, 0.5) is 5.82 Å². The van der Waals surface area contributed by atoms with E-state index in [1.807, 2.05) is 13.8 Å². The molecule has 1 aromatic heterocycles. The Morgan fingerprint density at radius 3 is 2.70 bits per heavy atom. The largest absolute Gasteiger partial charge is 0.363 e. The van der Waals surface area contributed by atoms with Crippen LogP contribution in [0.5, 0.6) is 0 Å². The molecule has 1 fully saturated rings. The number of hydrogen-bond donors (Lipinski definition) is 1. The van der Waals surface area contributed by atoms with Crippen molar-refractivity contribution in [2.45, 2.75) is 33.1 Å². The van der Waals surface area contributed by atoms with Gasteiger partial charge in [0.05, 0.1) is 6.54 Å². The van der Waals surface area contributed by atoms with Crippen LogP contribution in [0.15, 0.2) is 16.9 Å². The number of carbonyl (C=O) groups excluding carboxylic acids is 2. The average Bonchev–Trinajstić information content (AvgIpc) is 3.04. The molecule has 0 aliphatic carbocycles. The van der Waals surface area contributed by atoms with Crippen molar-refractivity contribution < 1.29 is 14.1 Å². The molecule has 1 N–H and O–H groups in total. The van der Waals surface area contributed by atoms with Crippen molar-refractivity contribution in [2.75, 3.05) is 38.0 Å². The van der Waals surface area contributed by atoms with Crippen LogP contribution in [0.2, 0.25) is 0 Å². The van der Waals surface area contributed by atoms with Gasteiger partial charge in [-0.3, -0.25) is 9.59 Å². The molecule has 1 aromatic rings. The fraction of sp³-hybridized carbons (Fsp3) is 0.688. The van der Waals surface area contributed by atoms with Gasteiger partial charge in [0.1, 0.15) is 6.26 Å². The van der Waals surface area contributed by atoms with E-state index >= 15 is 0 Å². The molecule has 2 rings (SSSR count). The molecule has 23 heavy (non-hydrogen) atoms. The maximum absolute atomic E-state index is 12.3. The van der Waals surface area contributed by atoms with Crippen molar-refractivity contribution in [3.05, 3.63) is 12.3 Å². The van der Waals surface area contributed by atoms with Crippen LogP contribution >= 0.6 is 0 Å². The third-order valence-corrected chi connectivity index (χ3v) is 3.98. The number of carbonyl (C=O) groups is 2. The number of nitrogens with zero attached hydrogens (tertiary/aromatic N) is 3. The highest BCUT2D eigenvalue weighted by atomic mass is 16.5. The molecule has 0 bridgehead atoms. The Morgan fingerprint density at radius 2 is 2.09 bits per heavy atom. The van der Waals surface area contributed by atoms with Crippen LogP contribution in [0.25, 0.3) is 0 Å². The Hall–Kier alpha value is -1.89. The van der Waals surface area contributed by atoms with E-state index in [4.69, 9.17) is 0 Å². The summed E-state index contributed by atoms with van der Waals surface area (Å²) in [6.07, 6.45) is 5.10. The highest BCUT2D eigenvalue weighted by Crippen LogP contribution is 2.09. The third-order valence-electron chi connectivity index (χ3n) is 3.98. The Labute approximate surface area is 137 Å². The number of aromatic nitrogens is 1. The van der Waals surface area contributed by atoms with Crippen LogP contribution in [-0.4, -0.2) is 59.5 Å². The summed E-state index contributed by atoms with van der Waals surface area (Å²) in [4.78, 5) is 28.4. The quantitative estimate of drug-likeness (QED) is 0.824. The van der Waals surface area contributed by atoms with E-state index in [0.29, 0.717) is 12.4 Å². The first kappa shape index (κ1) is 17.5. The second-order valence-electron chi connectivity index (χ2n) is 6.25. The van der Waals surface area contributed by atoms with E-state index in [1.165, 1.54) is 25.5 Å². The molecule has 1 aliphatic heterocycles. The third kappa shape index (κ3) is 5.67. The minimum Gasteiger partial charge on any atom is -0.363 e. The molecular formula is C16H26N4O3. The first-order valence-corrected chi connectivity index (χ1v) is 8.27. The molecule has 0 radical (unpaired) electrons. The van der Waals surface area contributed by atoms with Crippen LogP contribution in [0.1, 0.15) is 33.1 Å². The van der Waals surface area contributed by atoms with Crippen molar-refractivity contribution in [1.29, 1.82) is 0 Å². The lowest BCUT2D eigenvalue weighted by molar-refractivity contribution is -0.137. The van der Waals surface area contributed by atoms with Gasteiger partial charge < -0.3 is 19.6 Å². The summed E-state index contributed by atoms with van der Waals surface area (Å²) in [5.41, 5.74) is 0. The van der Waals surface area contributed by atoms with Gasteiger partial charge in [0.15, 0.2) is 5.82 Å². The van der Waals surface area contributed by atoms with Gasteiger partial charge in [-0.2, -0.15) is 0 Å². The zero-order chi connectivity index (χ0) is 16.7. The molecule has 2 heterocycles. The van der Waals surface area contributed by atoms with E-state index in [-0.39, 0.29) is 24.3 Å². The molecule has 0 saturated carbocycles. The minimum atomic E-state index is -0.258. The first-order valence-electron chi connectivity index (χ1n) is 8.27. The van der Waals surface area contributed by atoms with E-state index in [0.717, 1.165) is 19.6 Å². The lowest BCUT2D eigenvalue weighted by Gasteiger charge is -2.30. The van der Waals surface area contributed by atoms with Gasteiger partial charge in [0.25, 0.3) is 0 Å². The Balaban J connectivity index is 1.87. The van der Waals surface area contributed by atoms with E-state index < -0.39 is 0 Å². The van der Waals surface area contributed by atoms with Crippen molar-refractivity contribution >= 4 is 17.6 Å². The van der Waals surface area contributed by atoms with Crippen molar-refractivity contribution in [3.8, 4) is 0 Å². The summed E-state index contributed by atoms with van der Waals surface area (Å²) in [6.45, 7) is 7.29. The number of piperidine rings is 1. The lowest BCUT2D eigenvalue weighted by Crippen LogP contribution is -2.45. The average molecular weight is 322 g/mol. The number of hydrogen-bond acceptors (Lipinski definition) is 5. The lowest BCUT2D eigenvalue weighted by atomic mass is 10.1. The summed E-state index contributed by atoms with van der Waals surface area (Å²) < 4.78 is 4.68. The van der Waals surface area contributed by atoms with E-state index in [2.05, 4.69) is 19.9 Å². The molecular weight excluding hydrogens is 296 g/mol. The smallest absolute Gasteiger partial charge is 0.245 e. The summed E-state index contributed by atoms with van der Waals surface area (Å²) in [5, 5.41) is 6.28. The maximum atomic E-state index is 12.3. The minimum absolute atomic E-state index is 0.00249. The second kappa shape index (κ2) is 8.67. The van der Waals surface area contributed by atoms with Crippen LogP contribution in [0, 0.1) is 5.92 Å². The van der Waals surface area contributed by atoms with E-state index in [9.17, 15) is 9.59 Å². The topological polar surface area (TPSA) is 78.7 Å². The molecule has 0 aromatic carbocycles. The van der Waals surface area contributed by atoms with Gasteiger partial charge in [0, 0.05) is 25.1 Å². The molecule has 7 heteroatoms. The molecule has 0 unspecified atom stereocenters. The molecule has 7 nitrogen and oxygen atoms in total. The molecule has 128 valence electrons. The Morgan fingerprint density at radius 1 is 1.35 bits per heavy atom. The van der Waals surface area contributed by atoms with Gasteiger partial charge in [-0.05, 0) is 25.9 Å². The standard InChI is InChI=1S/C16H26N4O3/c1-13(2)16(22)20(10-9-19-7-4-3-5-8-19)12-15(21)17-14-6-11-23-18-14/h6,11,13H,3-5,7-10,12H2,1-2H3,(H,17,18,21). The summed E-state index contributed by atoms with van der Waals surface area (Å²) >= 11 is 0. The van der Waals surface area contributed by atoms with Gasteiger partial charge in [-0.15, -0.1) is 0 Å². The highest BCUT2D eigenvalue weighted by molar-refractivity contribution is 5.93. The summed E-state index contributed by atoms with van der Waals surface area (Å²) in [5.74, 6) is -0.0250. The monoisotopic (exact) mass is 322 g/mol. The van der Waals surface area contributed by atoms with Crippen molar-refractivity contribution in [3.63, 3.8) is 0 Å². The predicted molar refractivity (Wildman–Crippen MR) is 86.8 cm³/mol. The van der Waals surface area contributed by atoms with Crippen molar-refractivity contribution in [2.24, 2.45) is 5.92 Å². The number of amides is 2. The fourth-order valence-corrected chi connectivity index (χ4v) is 2.71. The zero-order valence-corrected chi connectivity index (χ0v) is 14.0. The van der Waals surface area contributed by atoms with Crippen LogP contribution < -0.4 is 5.32 Å².